The molecule has 1 N–H and O–H groups in total. The van der Waals surface area contributed by atoms with E-state index in [-0.39, 0.29) is 6.10 Å². The quantitative estimate of drug-likeness (QED) is 0.841. The molecule has 0 saturated heterocycles. The summed E-state index contributed by atoms with van der Waals surface area (Å²) < 4.78 is 7.54. The van der Waals surface area contributed by atoms with E-state index in [1.165, 1.54) is 0 Å². The van der Waals surface area contributed by atoms with Crippen LogP contribution >= 0.6 is 0 Å². The van der Waals surface area contributed by atoms with Crippen molar-refractivity contribution in [3.8, 4) is 6.01 Å². The highest BCUT2D eigenvalue weighted by Gasteiger charge is 2.15. The zero-order chi connectivity index (χ0) is 14.4. The number of nitrogens with one attached hydrogen (secondary N) is 1. The average molecular weight is 274 g/mol. The minimum atomic E-state index is -0.0858. The van der Waals surface area contributed by atoms with Crippen molar-refractivity contribution < 1.29 is 4.74 Å². The van der Waals surface area contributed by atoms with Gasteiger partial charge in [0.05, 0.1) is 0 Å². The minimum Gasteiger partial charge on any atom is -0.453 e. The maximum Gasteiger partial charge on any atom is 0.336 e. The third kappa shape index (κ3) is 4.35. The Morgan fingerprint density at radius 2 is 1.95 bits per heavy atom. The highest BCUT2D eigenvalue weighted by molar-refractivity contribution is 5.18. The second kappa shape index (κ2) is 7.05. The van der Waals surface area contributed by atoms with Gasteiger partial charge in [0.1, 0.15) is 12.4 Å². The van der Waals surface area contributed by atoms with Gasteiger partial charge in [0, 0.05) is 13.6 Å². The maximum atomic E-state index is 5.90. The standard InChI is InChI=1S/C15H22N4O/c1-12(2)9-16-10-14(13-7-5-4-6-8-13)20-15-17-11-19(3)18-15/h4-8,11-12,14,16H,9-10H2,1-3H3. The van der Waals surface area contributed by atoms with E-state index in [9.17, 15) is 0 Å². The lowest BCUT2D eigenvalue weighted by atomic mass is 10.1. The van der Waals surface area contributed by atoms with E-state index in [1.54, 1.807) is 11.0 Å². The summed E-state index contributed by atoms with van der Waals surface area (Å²) in [6, 6.07) is 10.6. The Balaban J connectivity index is 2.03. The van der Waals surface area contributed by atoms with Crippen LogP contribution in [0.1, 0.15) is 25.5 Å². The van der Waals surface area contributed by atoms with Crippen LogP contribution in [-0.4, -0.2) is 27.9 Å². The molecule has 1 heterocycles. The van der Waals surface area contributed by atoms with Gasteiger partial charge in [0.2, 0.25) is 0 Å². The predicted molar refractivity (Wildman–Crippen MR) is 78.5 cm³/mol. The molecule has 1 aromatic heterocycles. The molecule has 0 spiro atoms. The van der Waals surface area contributed by atoms with Gasteiger partial charge in [-0.05, 0) is 18.0 Å². The Morgan fingerprint density at radius 1 is 1.20 bits per heavy atom. The van der Waals surface area contributed by atoms with Crippen LogP contribution in [0, 0.1) is 5.92 Å². The molecule has 0 radical (unpaired) electrons. The van der Waals surface area contributed by atoms with Crippen LogP contribution < -0.4 is 10.1 Å². The van der Waals surface area contributed by atoms with Gasteiger partial charge in [-0.1, -0.05) is 44.2 Å². The molecule has 5 nitrogen and oxygen atoms in total. The first-order chi connectivity index (χ1) is 9.65. The summed E-state index contributed by atoms with van der Waals surface area (Å²) in [5.74, 6) is 0.611. The fourth-order valence-electron chi connectivity index (χ4n) is 1.90. The summed E-state index contributed by atoms with van der Waals surface area (Å²) in [6.07, 6.45) is 1.55. The van der Waals surface area contributed by atoms with E-state index >= 15 is 0 Å². The molecule has 0 aliphatic carbocycles. The zero-order valence-electron chi connectivity index (χ0n) is 12.3. The van der Waals surface area contributed by atoms with Gasteiger partial charge in [0.25, 0.3) is 0 Å². The van der Waals surface area contributed by atoms with Crippen LogP contribution in [0.5, 0.6) is 6.01 Å². The van der Waals surface area contributed by atoms with Crippen molar-refractivity contribution in [3.63, 3.8) is 0 Å². The fourth-order valence-corrected chi connectivity index (χ4v) is 1.90. The lowest BCUT2D eigenvalue weighted by molar-refractivity contribution is 0.183. The van der Waals surface area contributed by atoms with Gasteiger partial charge in [-0.2, -0.15) is 4.98 Å². The SMILES string of the molecule is CC(C)CNCC(Oc1ncn(C)n1)c1ccccc1. The third-order valence-corrected chi connectivity index (χ3v) is 2.88. The van der Waals surface area contributed by atoms with Gasteiger partial charge in [-0.15, -0.1) is 5.10 Å². The number of aryl methyl sites for hydroxylation is 1. The summed E-state index contributed by atoms with van der Waals surface area (Å²) in [6.45, 7) is 6.07. The number of ether oxygens (including phenoxy) is 1. The summed E-state index contributed by atoms with van der Waals surface area (Å²) in [5.41, 5.74) is 1.12. The molecule has 20 heavy (non-hydrogen) atoms. The Bertz CT molecular complexity index is 510. The molecular formula is C15H22N4O. The van der Waals surface area contributed by atoms with Crippen LogP contribution in [0.2, 0.25) is 0 Å². The number of nitrogens with zero attached hydrogens (tertiary/aromatic N) is 3. The van der Waals surface area contributed by atoms with E-state index in [0.717, 1.165) is 18.7 Å². The molecule has 0 fully saturated rings. The van der Waals surface area contributed by atoms with Crippen molar-refractivity contribution >= 4 is 0 Å². The molecule has 0 amide bonds. The number of hydrogen-bond acceptors (Lipinski definition) is 4. The summed E-state index contributed by atoms with van der Waals surface area (Å²) in [5, 5.41) is 7.60. The zero-order valence-corrected chi connectivity index (χ0v) is 12.3. The van der Waals surface area contributed by atoms with E-state index < -0.39 is 0 Å². The van der Waals surface area contributed by atoms with E-state index in [0.29, 0.717) is 11.9 Å². The molecule has 0 saturated carbocycles. The first-order valence-corrected chi connectivity index (χ1v) is 6.93. The molecule has 5 heteroatoms. The maximum absolute atomic E-state index is 5.90. The Hall–Kier alpha value is -1.88. The molecule has 1 aromatic carbocycles. The Kier molecular flexibility index (Phi) is 5.12. The lowest BCUT2D eigenvalue weighted by Gasteiger charge is -2.18. The molecule has 0 bridgehead atoms. The van der Waals surface area contributed by atoms with E-state index in [4.69, 9.17) is 4.74 Å². The van der Waals surface area contributed by atoms with Crippen LogP contribution in [0.4, 0.5) is 0 Å². The predicted octanol–water partition coefficient (Wildman–Crippen LogP) is 2.18. The van der Waals surface area contributed by atoms with Crippen molar-refractivity contribution in [2.24, 2.45) is 13.0 Å². The smallest absolute Gasteiger partial charge is 0.336 e. The molecule has 2 rings (SSSR count). The number of benzene rings is 1. The average Bonchev–Trinajstić information content (AvgIpc) is 2.84. The van der Waals surface area contributed by atoms with Gasteiger partial charge in [-0.3, -0.25) is 4.68 Å². The van der Waals surface area contributed by atoms with Crippen molar-refractivity contribution in [2.45, 2.75) is 20.0 Å². The Morgan fingerprint density at radius 3 is 2.55 bits per heavy atom. The normalized spacial score (nSPS) is 12.6. The molecular weight excluding hydrogens is 252 g/mol. The van der Waals surface area contributed by atoms with Crippen LogP contribution in [0.25, 0.3) is 0 Å². The molecule has 1 atom stereocenters. The number of hydrogen-bond donors (Lipinski definition) is 1. The lowest BCUT2D eigenvalue weighted by Crippen LogP contribution is -2.28. The van der Waals surface area contributed by atoms with Gasteiger partial charge < -0.3 is 10.1 Å². The van der Waals surface area contributed by atoms with Crippen molar-refractivity contribution in [1.82, 2.24) is 20.1 Å². The topological polar surface area (TPSA) is 52.0 Å². The highest BCUT2D eigenvalue weighted by Crippen LogP contribution is 2.18. The molecule has 0 aliphatic heterocycles. The monoisotopic (exact) mass is 274 g/mol. The third-order valence-electron chi connectivity index (χ3n) is 2.88. The molecule has 2 aromatic rings. The second-order valence-corrected chi connectivity index (χ2v) is 5.27. The van der Waals surface area contributed by atoms with Gasteiger partial charge in [-0.25, -0.2) is 0 Å². The number of aromatic nitrogens is 3. The molecule has 1 unspecified atom stereocenters. The molecule has 0 aliphatic rings. The fraction of sp³-hybridized carbons (Fsp3) is 0.467. The van der Waals surface area contributed by atoms with Crippen LogP contribution in [-0.2, 0) is 7.05 Å². The summed E-state index contributed by atoms with van der Waals surface area (Å²) >= 11 is 0. The van der Waals surface area contributed by atoms with Gasteiger partial charge >= 0.3 is 6.01 Å². The first kappa shape index (κ1) is 14.5. The largest absolute Gasteiger partial charge is 0.453 e. The van der Waals surface area contributed by atoms with Crippen molar-refractivity contribution in [3.05, 3.63) is 42.2 Å². The molecule has 108 valence electrons. The van der Waals surface area contributed by atoms with Crippen LogP contribution in [0.3, 0.4) is 0 Å². The number of rotatable bonds is 7. The van der Waals surface area contributed by atoms with E-state index in [2.05, 4.69) is 41.4 Å². The van der Waals surface area contributed by atoms with Crippen molar-refractivity contribution in [2.75, 3.05) is 13.1 Å². The first-order valence-electron chi connectivity index (χ1n) is 6.93. The van der Waals surface area contributed by atoms with Crippen LogP contribution in [0.15, 0.2) is 36.7 Å². The Labute approximate surface area is 120 Å². The van der Waals surface area contributed by atoms with Crippen molar-refractivity contribution in [1.29, 1.82) is 0 Å². The second-order valence-electron chi connectivity index (χ2n) is 5.27. The minimum absolute atomic E-state index is 0.0858. The van der Waals surface area contributed by atoms with Gasteiger partial charge in [0.15, 0.2) is 0 Å². The summed E-state index contributed by atoms with van der Waals surface area (Å²) in [7, 11) is 1.83. The highest BCUT2D eigenvalue weighted by atomic mass is 16.5. The van der Waals surface area contributed by atoms with E-state index in [1.807, 2.05) is 25.2 Å². The summed E-state index contributed by atoms with van der Waals surface area (Å²) in [4.78, 5) is 4.13.